The van der Waals surface area contributed by atoms with Crippen LogP contribution in [0.25, 0.3) is 10.8 Å². The van der Waals surface area contributed by atoms with Crippen LogP contribution in [0.1, 0.15) is 29.8 Å². The van der Waals surface area contributed by atoms with Crippen LogP contribution in [0.3, 0.4) is 0 Å². The molecule has 144 valence electrons. The lowest BCUT2D eigenvalue weighted by Gasteiger charge is -2.15. The van der Waals surface area contributed by atoms with E-state index in [1.807, 2.05) is 39.0 Å². The number of anilines is 1. The van der Waals surface area contributed by atoms with Gasteiger partial charge in [-0.25, -0.2) is 4.79 Å². The van der Waals surface area contributed by atoms with E-state index in [2.05, 4.69) is 10.6 Å². The molecule has 0 unspecified atom stereocenters. The summed E-state index contributed by atoms with van der Waals surface area (Å²) in [5.41, 5.74) is 1.55. The number of carbonyl (C=O) groups excluding carboxylic acids is 2. The average Bonchev–Trinajstić information content (AvgIpc) is 2.65. The maximum absolute atomic E-state index is 12.8. The van der Waals surface area contributed by atoms with Gasteiger partial charge in [0.1, 0.15) is 11.5 Å². The number of phenols is 1. The molecule has 0 spiro atoms. The lowest BCUT2D eigenvalue weighted by molar-refractivity contribution is 0.102. The molecule has 0 aliphatic carbocycles. The van der Waals surface area contributed by atoms with E-state index in [1.165, 1.54) is 6.07 Å². The van der Waals surface area contributed by atoms with Crippen molar-refractivity contribution >= 4 is 28.5 Å². The number of aromatic hydroxyl groups is 1. The van der Waals surface area contributed by atoms with Gasteiger partial charge in [0.25, 0.3) is 5.91 Å². The molecule has 6 nitrogen and oxygen atoms in total. The van der Waals surface area contributed by atoms with Crippen molar-refractivity contribution in [3.8, 4) is 11.5 Å². The maximum Gasteiger partial charge on any atom is 0.412 e. The van der Waals surface area contributed by atoms with E-state index in [9.17, 15) is 14.7 Å². The second-order valence-electron chi connectivity index (χ2n) is 6.77. The summed E-state index contributed by atoms with van der Waals surface area (Å²) in [5.74, 6) is -0.466. The Hall–Kier alpha value is -3.54. The number of amides is 2. The quantitative estimate of drug-likeness (QED) is 0.619. The molecule has 2 amide bonds. The highest BCUT2D eigenvalue weighted by atomic mass is 16.6. The number of para-hydroxylation sites is 1. The van der Waals surface area contributed by atoms with Gasteiger partial charge < -0.3 is 20.5 Å². The number of hydrogen-bond donors (Lipinski definition) is 3. The van der Waals surface area contributed by atoms with Crippen molar-refractivity contribution in [1.29, 1.82) is 0 Å². The van der Waals surface area contributed by atoms with Crippen LogP contribution in [-0.4, -0.2) is 23.1 Å². The number of fused-ring (bicyclic) bond motifs is 1. The zero-order valence-corrected chi connectivity index (χ0v) is 15.9. The number of ether oxygens (including phenoxy) is 1. The fourth-order valence-electron chi connectivity index (χ4n) is 2.85. The van der Waals surface area contributed by atoms with Crippen LogP contribution in [0, 0.1) is 6.92 Å². The lowest BCUT2D eigenvalue weighted by atomic mass is 10.0. The Kier molecular flexibility index (Phi) is 5.49. The summed E-state index contributed by atoms with van der Waals surface area (Å²) < 4.78 is 5.42. The molecule has 0 heterocycles. The van der Waals surface area contributed by atoms with Crippen LogP contribution in [0.5, 0.6) is 11.5 Å². The molecular weight excluding hydrogens is 356 g/mol. The van der Waals surface area contributed by atoms with E-state index in [0.29, 0.717) is 16.5 Å². The second kappa shape index (κ2) is 8.00. The molecule has 3 aromatic carbocycles. The van der Waals surface area contributed by atoms with Crippen LogP contribution >= 0.6 is 0 Å². The summed E-state index contributed by atoms with van der Waals surface area (Å²) >= 11 is 0. The number of nitrogens with one attached hydrogen (secondary N) is 2. The first kappa shape index (κ1) is 19.2. The van der Waals surface area contributed by atoms with Crippen molar-refractivity contribution in [3.63, 3.8) is 0 Å². The molecule has 0 atom stereocenters. The number of benzene rings is 3. The van der Waals surface area contributed by atoms with Gasteiger partial charge in [0.05, 0.1) is 5.56 Å². The van der Waals surface area contributed by atoms with Crippen molar-refractivity contribution in [3.05, 3.63) is 65.7 Å². The first-order valence-corrected chi connectivity index (χ1v) is 8.97. The van der Waals surface area contributed by atoms with Gasteiger partial charge in [-0.05, 0) is 38.5 Å². The highest BCUT2D eigenvalue weighted by molar-refractivity contribution is 6.11. The van der Waals surface area contributed by atoms with E-state index in [-0.39, 0.29) is 23.1 Å². The van der Waals surface area contributed by atoms with Crippen LogP contribution in [-0.2, 0) is 0 Å². The minimum atomic E-state index is -0.629. The van der Waals surface area contributed by atoms with E-state index < -0.39 is 12.0 Å². The molecule has 0 aliphatic heterocycles. The zero-order valence-electron chi connectivity index (χ0n) is 15.9. The van der Waals surface area contributed by atoms with Gasteiger partial charge >= 0.3 is 6.09 Å². The van der Waals surface area contributed by atoms with E-state index >= 15 is 0 Å². The van der Waals surface area contributed by atoms with Gasteiger partial charge in [0.15, 0.2) is 0 Å². The topological polar surface area (TPSA) is 87.7 Å². The number of carbonyl (C=O) groups is 2. The lowest BCUT2D eigenvalue weighted by Crippen LogP contribution is -2.32. The number of phenolic OH excluding ortho intramolecular Hbond substituents is 1. The summed E-state index contributed by atoms with van der Waals surface area (Å²) in [4.78, 5) is 24.9. The molecule has 6 heteroatoms. The van der Waals surface area contributed by atoms with Gasteiger partial charge in [0.2, 0.25) is 0 Å². The van der Waals surface area contributed by atoms with Crippen LogP contribution in [0.2, 0.25) is 0 Å². The standard InChI is InChI=1S/C22H22N2O4/c1-13(2)23-22(27)28-19-12-17(20(25)16-10-6-5-9-15(16)19)21(26)24-18-11-7-4-8-14(18)3/h4-13,25H,1-3H3,(H,23,27)(H,24,26). The largest absolute Gasteiger partial charge is 0.506 e. The summed E-state index contributed by atoms with van der Waals surface area (Å²) in [6.45, 7) is 5.51. The Balaban J connectivity index is 2.02. The molecular formula is C22H22N2O4. The molecule has 3 N–H and O–H groups in total. The predicted molar refractivity (Wildman–Crippen MR) is 109 cm³/mol. The van der Waals surface area contributed by atoms with E-state index in [0.717, 1.165) is 5.56 Å². The molecule has 0 saturated heterocycles. The third-order valence-electron chi connectivity index (χ3n) is 4.23. The number of rotatable bonds is 4. The predicted octanol–water partition coefficient (Wildman–Crippen LogP) is 4.60. The number of hydrogen-bond acceptors (Lipinski definition) is 4. The molecule has 3 aromatic rings. The SMILES string of the molecule is Cc1ccccc1NC(=O)c1cc(OC(=O)NC(C)C)c2ccccc2c1O. The van der Waals surface area contributed by atoms with E-state index in [4.69, 9.17) is 4.74 Å². The highest BCUT2D eigenvalue weighted by Gasteiger charge is 2.20. The van der Waals surface area contributed by atoms with E-state index in [1.54, 1.807) is 30.3 Å². The van der Waals surface area contributed by atoms with Crippen LogP contribution < -0.4 is 15.4 Å². The Morgan fingerprint density at radius 1 is 1.00 bits per heavy atom. The Morgan fingerprint density at radius 2 is 1.64 bits per heavy atom. The molecule has 0 fully saturated rings. The van der Waals surface area contributed by atoms with Crippen LogP contribution in [0.15, 0.2) is 54.6 Å². The average molecular weight is 378 g/mol. The first-order chi connectivity index (χ1) is 13.4. The van der Waals surface area contributed by atoms with Crippen molar-refractivity contribution in [2.24, 2.45) is 0 Å². The fraction of sp³-hybridized carbons (Fsp3) is 0.182. The smallest absolute Gasteiger partial charge is 0.412 e. The first-order valence-electron chi connectivity index (χ1n) is 8.97. The van der Waals surface area contributed by atoms with Gasteiger partial charge in [-0.15, -0.1) is 0 Å². The maximum atomic E-state index is 12.8. The molecule has 3 rings (SSSR count). The summed E-state index contributed by atoms with van der Waals surface area (Å²) in [7, 11) is 0. The molecule has 0 bridgehead atoms. The van der Waals surface area contributed by atoms with Crippen molar-refractivity contribution in [2.45, 2.75) is 26.8 Å². The zero-order chi connectivity index (χ0) is 20.3. The molecule has 0 saturated carbocycles. The molecule has 0 aromatic heterocycles. The molecule has 0 aliphatic rings. The van der Waals surface area contributed by atoms with Crippen LogP contribution in [0.4, 0.5) is 10.5 Å². The highest BCUT2D eigenvalue weighted by Crippen LogP contribution is 2.36. The summed E-state index contributed by atoms with van der Waals surface area (Å²) in [5, 5.41) is 17.0. The Bertz CT molecular complexity index is 1040. The monoisotopic (exact) mass is 378 g/mol. The molecule has 28 heavy (non-hydrogen) atoms. The fourth-order valence-corrected chi connectivity index (χ4v) is 2.85. The third-order valence-corrected chi connectivity index (χ3v) is 4.23. The van der Waals surface area contributed by atoms with Crippen molar-refractivity contribution in [2.75, 3.05) is 5.32 Å². The Labute approximate surface area is 163 Å². The second-order valence-corrected chi connectivity index (χ2v) is 6.77. The van der Waals surface area contributed by atoms with Gasteiger partial charge in [-0.1, -0.05) is 42.5 Å². The normalized spacial score (nSPS) is 10.7. The minimum absolute atomic E-state index is 0.0225. The van der Waals surface area contributed by atoms with Crippen molar-refractivity contribution < 1.29 is 19.4 Å². The summed E-state index contributed by atoms with van der Waals surface area (Å²) in [6.07, 6.45) is -0.629. The van der Waals surface area contributed by atoms with Gasteiger partial charge in [-0.3, -0.25) is 4.79 Å². The molecule has 0 radical (unpaired) electrons. The summed E-state index contributed by atoms with van der Waals surface area (Å²) in [6, 6.07) is 15.5. The minimum Gasteiger partial charge on any atom is -0.506 e. The van der Waals surface area contributed by atoms with Gasteiger partial charge in [0, 0.05) is 22.5 Å². The Morgan fingerprint density at radius 3 is 2.32 bits per heavy atom. The third kappa shape index (κ3) is 4.06. The van der Waals surface area contributed by atoms with Crippen molar-refractivity contribution in [1.82, 2.24) is 5.32 Å². The number of aryl methyl sites for hydroxylation is 1. The van der Waals surface area contributed by atoms with Gasteiger partial charge in [-0.2, -0.15) is 0 Å².